The molecule has 5 nitrogen and oxygen atoms in total. The molecule has 1 atom stereocenters. The van der Waals surface area contributed by atoms with Crippen molar-refractivity contribution in [3.8, 4) is 5.75 Å². The monoisotopic (exact) mass is 414 g/mol. The van der Waals surface area contributed by atoms with Crippen LogP contribution in [0.25, 0.3) is 0 Å². The van der Waals surface area contributed by atoms with E-state index in [4.69, 9.17) is 4.74 Å². The van der Waals surface area contributed by atoms with Gasteiger partial charge in [0.1, 0.15) is 5.75 Å². The molecule has 0 spiro atoms. The third kappa shape index (κ3) is 5.90. The van der Waals surface area contributed by atoms with Crippen LogP contribution in [0.15, 0.2) is 47.4 Å². The first kappa shape index (κ1) is 21.5. The molecule has 1 unspecified atom stereocenters. The topological polar surface area (TPSA) is 70.6 Å². The van der Waals surface area contributed by atoms with Crippen LogP contribution in [0.1, 0.15) is 45.1 Å². The molecule has 6 heteroatoms. The van der Waals surface area contributed by atoms with Crippen LogP contribution >= 0.6 is 11.9 Å². The van der Waals surface area contributed by atoms with Crippen molar-refractivity contribution in [2.75, 3.05) is 23.3 Å². The molecule has 0 aliphatic heterocycles. The van der Waals surface area contributed by atoms with Gasteiger partial charge in [-0.25, -0.2) is 0 Å². The smallest absolute Gasteiger partial charge is 0.230 e. The molecule has 156 valence electrons. The number of nitrogens with one attached hydrogen (secondary N) is 2. The Morgan fingerprint density at radius 2 is 2.00 bits per heavy atom. The van der Waals surface area contributed by atoms with Gasteiger partial charge in [0.15, 0.2) is 0 Å². The van der Waals surface area contributed by atoms with Gasteiger partial charge in [0.25, 0.3) is 0 Å². The molecule has 1 saturated carbocycles. The zero-order valence-corrected chi connectivity index (χ0v) is 18.1. The third-order valence-corrected chi connectivity index (χ3v) is 5.96. The Morgan fingerprint density at radius 1 is 1.21 bits per heavy atom. The largest absolute Gasteiger partial charge is 0.493 e. The molecule has 0 bridgehead atoms. The maximum absolute atomic E-state index is 12.4. The van der Waals surface area contributed by atoms with Gasteiger partial charge in [-0.3, -0.25) is 4.79 Å². The maximum Gasteiger partial charge on any atom is 0.230 e. The molecule has 0 heterocycles. The number of ether oxygens (including phenoxy) is 1. The molecule has 2 aromatic rings. The number of hydrogen-bond acceptors (Lipinski definition) is 5. The van der Waals surface area contributed by atoms with Crippen molar-refractivity contribution in [2.45, 2.75) is 44.4 Å². The van der Waals surface area contributed by atoms with Crippen molar-refractivity contribution in [1.82, 2.24) is 0 Å². The minimum Gasteiger partial charge on any atom is -0.493 e. The van der Waals surface area contributed by atoms with E-state index < -0.39 is 5.92 Å². The molecule has 0 radical (unpaired) electrons. The Kier molecular flexibility index (Phi) is 7.45. The van der Waals surface area contributed by atoms with Gasteiger partial charge in [-0.2, -0.15) is 0 Å². The van der Waals surface area contributed by atoms with Gasteiger partial charge in [0.05, 0.1) is 24.0 Å². The van der Waals surface area contributed by atoms with Crippen LogP contribution in [0.2, 0.25) is 0 Å². The molecule has 1 fully saturated rings. The number of benzene rings is 2. The summed E-state index contributed by atoms with van der Waals surface area (Å²) in [6, 6.07) is 14.2. The van der Waals surface area contributed by atoms with Crippen LogP contribution in [0, 0.1) is 11.8 Å². The van der Waals surface area contributed by atoms with Crippen molar-refractivity contribution < 1.29 is 14.6 Å². The Balaban J connectivity index is 1.69. The Labute approximate surface area is 177 Å². The number of anilines is 2. The second-order valence-corrected chi connectivity index (χ2v) is 8.57. The number of hydrogen-bond donors (Lipinski definition) is 3. The lowest BCUT2D eigenvalue weighted by Gasteiger charge is -2.18. The molecule has 0 saturated heterocycles. The molecule has 1 amide bonds. The van der Waals surface area contributed by atoms with Gasteiger partial charge in [0, 0.05) is 17.4 Å². The van der Waals surface area contributed by atoms with Gasteiger partial charge < -0.3 is 19.9 Å². The number of aliphatic hydroxyl groups is 1. The van der Waals surface area contributed by atoms with Crippen molar-refractivity contribution in [3.05, 3.63) is 48.0 Å². The minimum atomic E-state index is -0.431. The van der Waals surface area contributed by atoms with E-state index in [2.05, 4.69) is 34.3 Å². The number of carbonyl (C=O) groups is 1. The van der Waals surface area contributed by atoms with E-state index in [1.807, 2.05) is 39.0 Å². The van der Waals surface area contributed by atoms with Crippen LogP contribution in [0.3, 0.4) is 0 Å². The molecular weight excluding hydrogens is 384 g/mol. The molecule has 2 aromatic carbocycles. The van der Waals surface area contributed by atoms with E-state index in [0.717, 1.165) is 16.5 Å². The fourth-order valence-electron chi connectivity index (χ4n) is 3.16. The Hall–Kier alpha value is -2.18. The lowest BCUT2D eigenvalue weighted by molar-refractivity contribution is -0.122. The summed E-state index contributed by atoms with van der Waals surface area (Å²) in [5.74, 6) is 0.889. The summed E-state index contributed by atoms with van der Waals surface area (Å²) in [6.45, 7) is 6.16. The Morgan fingerprint density at radius 3 is 2.66 bits per heavy atom. The quantitative estimate of drug-likeness (QED) is 0.461. The van der Waals surface area contributed by atoms with Crippen LogP contribution in [-0.4, -0.2) is 24.2 Å². The standard InChI is InChI=1S/C23H30N2O3S/c1-4-28-21-13-18(24-23(27)20(14-26)15(2)3)10-11-22(21)29-25-19-7-5-6-17(12-19)16-8-9-16/h5-7,10-13,15-16,20,25-26H,4,8-9,14H2,1-3H3,(H,24,27). The predicted octanol–water partition coefficient (Wildman–Crippen LogP) is 5.28. The normalized spacial score (nSPS) is 14.5. The first-order chi connectivity index (χ1) is 14.0. The zero-order chi connectivity index (χ0) is 20.8. The average molecular weight is 415 g/mol. The van der Waals surface area contributed by atoms with Crippen molar-refractivity contribution in [2.24, 2.45) is 11.8 Å². The predicted molar refractivity (Wildman–Crippen MR) is 120 cm³/mol. The molecule has 29 heavy (non-hydrogen) atoms. The summed E-state index contributed by atoms with van der Waals surface area (Å²) in [7, 11) is 0. The first-order valence-corrected chi connectivity index (χ1v) is 11.0. The van der Waals surface area contributed by atoms with Gasteiger partial charge in [-0.15, -0.1) is 0 Å². The van der Waals surface area contributed by atoms with E-state index in [1.165, 1.54) is 30.4 Å². The lowest BCUT2D eigenvalue weighted by atomic mass is 9.96. The maximum atomic E-state index is 12.4. The summed E-state index contributed by atoms with van der Waals surface area (Å²) in [6.07, 6.45) is 2.57. The van der Waals surface area contributed by atoms with E-state index in [0.29, 0.717) is 18.0 Å². The van der Waals surface area contributed by atoms with Gasteiger partial charge in [-0.05, 0) is 73.4 Å². The zero-order valence-electron chi connectivity index (χ0n) is 17.3. The highest BCUT2D eigenvalue weighted by Gasteiger charge is 2.23. The van der Waals surface area contributed by atoms with E-state index in [1.54, 1.807) is 0 Å². The van der Waals surface area contributed by atoms with Gasteiger partial charge in [-0.1, -0.05) is 26.0 Å². The number of carbonyl (C=O) groups excluding carboxylic acids is 1. The van der Waals surface area contributed by atoms with Crippen molar-refractivity contribution in [1.29, 1.82) is 0 Å². The van der Waals surface area contributed by atoms with Crippen LogP contribution < -0.4 is 14.8 Å². The molecule has 3 N–H and O–H groups in total. The number of amides is 1. The number of aliphatic hydroxyl groups excluding tert-OH is 1. The van der Waals surface area contributed by atoms with Crippen LogP contribution in [-0.2, 0) is 4.79 Å². The molecule has 3 rings (SSSR count). The third-order valence-electron chi connectivity index (χ3n) is 5.06. The second kappa shape index (κ2) is 10.0. The lowest BCUT2D eigenvalue weighted by Crippen LogP contribution is -2.29. The molecule has 1 aliphatic rings. The van der Waals surface area contributed by atoms with Gasteiger partial charge in [0.2, 0.25) is 5.91 Å². The summed E-state index contributed by atoms with van der Waals surface area (Å²) in [5.41, 5.74) is 3.13. The van der Waals surface area contributed by atoms with Crippen LogP contribution in [0.5, 0.6) is 5.75 Å². The summed E-state index contributed by atoms with van der Waals surface area (Å²) in [5, 5.41) is 12.4. The molecule has 0 aromatic heterocycles. The number of rotatable bonds is 10. The Bertz CT molecular complexity index is 837. The van der Waals surface area contributed by atoms with E-state index in [-0.39, 0.29) is 18.4 Å². The highest BCUT2D eigenvalue weighted by Crippen LogP contribution is 2.41. The fourth-order valence-corrected chi connectivity index (χ4v) is 3.87. The first-order valence-electron chi connectivity index (χ1n) is 10.2. The highest BCUT2D eigenvalue weighted by molar-refractivity contribution is 8.00. The minimum absolute atomic E-state index is 0.0665. The summed E-state index contributed by atoms with van der Waals surface area (Å²) < 4.78 is 9.19. The van der Waals surface area contributed by atoms with Crippen LogP contribution in [0.4, 0.5) is 11.4 Å². The average Bonchev–Trinajstić information content (AvgIpc) is 3.53. The highest BCUT2D eigenvalue weighted by atomic mass is 32.2. The summed E-state index contributed by atoms with van der Waals surface area (Å²) in [4.78, 5) is 13.4. The SMILES string of the molecule is CCOc1cc(NC(=O)C(CO)C(C)C)ccc1SNc1cccc(C2CC2)c1. The molecule has 1 aliphatic carbocycles. The van der Waals surface area contributed by atoms with E-state index >= 15 is 0 Å². The van der Waals surface area contributed by atoms with Crippen molar-refractivity contribution >= 4 is 29.2 Å². The summed E-state index contributed by atoms with van der Waals surface area (Å²) >= 11 is 1.50. The second-order valence-electron chi connectivity index (χ2n) is 7.72. The van der Waals surface area contributed by atoms with Gasteiger partial charge >= 0.3 is 0 Å². The van der Waals surface area contributed by atoms with Crippen molar-refractivity contribution in [3.63, 3.8) is 0 Å². The fraction of sp³-hybridized carbons (Fsp3) is 0.435. The van der Waals surface area contributed by atoms with E-state index in [9.17, 15) is 9.90 Å². The molecular formula is C23H30N2O3S.